The summed E-state index contributed by atoms with van der Waals surface area (Å²) in [6.45, 7) is 6.50. The summed E-state index contributed by atoms with van der Waals surface area (Å²) in [7, 11) is 3.90. The first-order valence-corrected chi connectivity index (χ1v) is 6.13. The van der Waals surface area contributed by atoms with E-state index in [1.807, 2.05) is 0 Å². The maximum absolute atomic E-state index is 5.96. The van der Waals surface area contributed by atoms with E-state index in [1.54, 1.807) is 7.11 Å². The number of rotatable bonds is 7. The van der Waals surface area contributed by atoms with Crippen molar-refractivity contribution in [3.8, 4) is 0 Å². The summed E-state index contributed by atoms with van der Waals surface area (Å²) in [4.78, 5) is 2.37. The zero-order valence-corrected chi connectivity index (χ0v) is 10.9. The third-order valence-electron chi connectivity index (χ3n) is 3.94. The Balaban J connectivity index is 2.48. The lowest BCUT2D eigenvalue weighted by Gasteiger charge is -2.42. The van der Waals surface area contributed by atoms with E-state index in [0.717, 1.165) is 39.2 Å². The number of hydrogen-bond donors (Lipinski definition) is 1. The van der Waals surface area contributed by atoms with Crippen molar-refractivity contribution in [3.05, 3.63) is 0 Å². The molecule has 4 nitrogen and oxygen atoms in total. The molecule has 0 aliphatic carbocycles. The summed E-state index contributed by atoms with van der Waals surface area (Å²) in [5.41, 5.74) is 6.02. The second kappa shape index (κ2) is 6.55. The highest BCUT2D eigenvalue weighted by Crippen LogP contribution is 2.29. The van der Waals surface area contributed by atoms with Crippen LogP contribution < -0.4 is 5.73 Å². The van der Waals surface area contributed by atoms with Crippen molar-refractivity contribution in [3.63, 3.8) is 0 Å². The zero-order valence-electron chi connectivity index (χ0n) is 10.9. The smallest absolute Gasteiger partial charge is 0.0513 e. The average Bonchev–Trinajstić information content (AvgIpc) is 2.82. The number of hydrogen-bond acceptors (Lipinski definition) is 4. The van der Waals surface area contributed by atoms with E-state index in [-0.39, 0.29) is 5.54 Å². The first-order valence-electron chi connectivity index (χ1n) is 6.13. The van der Waals surface area contributed by atoms with Gasteiger partial charge in [0, 0.05) is 44.9 Å². The number of likely N-dealkylation sites (N-methyl/N-ethyl adjacent to an activating group) is 1. The number of methoxy groups -OCH3 is 1. The van der Waals surface area contributed by atoms with Gasteiger partial charge in [-0.15, -0.1) is 0 Å². The fourth-order valence-electron chi connectivity index (χ4n) is 2.36. The Bertz CT molecular complexity index is 195. The van der Waals surface area contributed by atoms with Crippen LogP contribution in [-0.4, -0.2) is 57.5 Å². The largest absolute Gasteiger partial charge is 0.385 e. The highest BCUT2D eigenvalue weighted by atomic mass is 16.5. The Morgan fingerprint density at radius 1 is 1.56 bits per heavy atom. The van der Waals surface area contributed by atoms with Crippen LogP contribution in [0.3, 0.4) is 0 Å². The van der Waals surface area contributed by atoms with Crippen LogP contribution in [-0.2, 0) is 9.47 Å². The highest BCUT2D eigenvalue weighted by Gasteiger charge is 2.38. The van der Waals surface area contributed by atoms with E-state index in [0.29, 0.717) is 12.5 Å². The molecule has 4 heteroatoms. The van der Waals surface area contributed by atoms with E-state index < -0.39 is 0 Å². The molecule has 2 atom stereocenters. The number of nitrogens with zero attached hydrogens (tertiary/aromatic N) is 1. The third-order valence-corrected chi connectivity index (χ3v) is 3.94. The Morgan fingerprint density at radius 2 is 2.31 bits per heavy atom. The molecule has 1 saturated heterocycles. The van der Waals surface area contributed by atoms with Crippen LogP contribution in [0.25, 0.3) is 0 Å². The molecule has 2 N–H and O–H groups in total. The van der Waals surface area contributed by atoms with Gasteiger partial charge in [-0.25, -0.2) is 0 Å². The van der Waals surface area contributed by atoms with Gasteiger partial charge in [-0.2, -0.15) is 0 Å². The molecule has 0 saturated carbocycles. The molecule has 0 aromatic heterocycles. The number of ether oxygens (including phenoxy) is 2. The molecular weight excluding hydrogens is 204 g/mol. The van der Waals surface area contributed by atoms with Crippen LogP contribution in [0, 0.1) is 5.92 Å². The average molecular weight is 230 g/mol. The van der Waals surface area contributed by atoms with Crippen LogP contribution in [0.2, 0.25) is 0 Å². The highest BCUT2D eigenvalue weighted by molar-refractivity contribution is 4.94. The molecule has 1 aliphatic rings. The predicted molar refractivity (Wildman–Crippen MR) is 65.5 cm³/mol. The van der Waals surface area contributed by atoms with E-state index in [1.165, 1.54) is 0 Å². The van der Waals surface area contributed by atoms with Crippen LogP contribution in [0.4, 0.5) is 0 Å². The molecule has 0 aromatic carbocycles. The van der Waals surface area contributed by atoms with Gasteiger partial charge < -0.3 is 15.2 Å². The molecule has 1 aliphatic heterocycles. The molecule has 1 rings (SSSR count). The first-order chi connectivity index (χ1) is 7.65. The Labute approximate surface area is 99.1 Å². The predicted octanol–water partition coefficient (Wildman–Crippen LogP) is 0.709. The summed E-state index contributed by atoms with van der Waals surface area (Å²) in [6, 6.07) is 0. The molecule has 2 unspecified atom stereocenters. The molecular formula is C12H26N2O2. The lowest BCUT2D eigenvalue weighted by atomic mass is 9.83. The van der Waals surface area contributed by atoms with Crippen molar-refractivity contribution in [1.82, 2.24) is 4.90 Å². The minimum absolute atomic E-state index is 0.0598. The third kappa shape index (κ3) is 3.17. The minimum Gasteiger partial charge on any atom is -0.385 e. The second-order valence-electron chi connectivity index (χ2n) is 4.89. The molecule has 0 spiro atoms. The minimum atomic E-state index is 0.0598. The van der Waals surface area contributed by atoms with E-state index in [4.69, 9.17) is 15.2 Å². The van der Waals surface area contributed by atoms with E-state index in [2.05, 4.69) is 18.9 Å². The van der Waals surface area contributed by atoms with Gasteiger partial charge in [-0.05, 0) is 26.8 Å². The van der Waals surface area contributed by atoms with Gasteiger partial charge in [-0.3, -0.25) is 4.90 Å². The summed E-state index contributed by atoms with van der Waals surface area (Å²) < 4.78 is 10.6. The maximum Gasteiger partial charge on any atom is 0.0513 e. The summed E-state index contributed by atoms with van der Waals surface area (Å²) in [6.07, 6.45) is 2.18. The van der Waals surface area contributed by atoms with E-state index >= 15 is 0 Å². The fraction of sp³-hybridized carbons (Fsp3) is 1.00. The van der Waals surface area contributed by atoms with Crippen LogP contribution in [0.1, 0.15) is 19.8 Å². The van der Waals surface area contributed by atoms with Crippen LogP contribution in [0.15, 0.2) is 0 Å². The van der Waals surface area contributed by atoms with Gasteiger partial charge >= 0.3 is 0 Å². The maximum atomic E-state index is 5.96. The molecule has 0 aromatic rings. The molecule has 0 radical (unpaired) electrons. The molecule has 1 fully saturated rings. The van der Waals surface area contributed by atoms with Crippen molar-refractivity contribution in [2.45, 2.75) is 25.3 Å². The zero-order chi connectivity index (χ0) is 12.0. The van der Waals surface area contributed by atoms with Crippen molar-refractivity contribution in [2.75, 3.05) is 47.1 Å². The topological polar surface area (TPSA) is 47.7 Å². The molecule has 1 heterocycles. The summed E-state index contributed by atoms with van der Waals surface area (Å²) in [5, 5.41) is 0. The second-order valence-corrected chi connectivity index (χ2v) is 4.89. The summed E-state index contributed by atoms with van der Waals surface area (Å²) in [5.74, 6) is 0.560. The molecule has 16 heavy (non-hydrogen) atoms. The van der Waals surface area contributed by atoms with Crippen molar-refractivity contribution < 1.29 is 9.47 Å². The first kappa shape index (κ1) is 13.9. The molecule has 96 valence electrons. The quantitative estimate of drug-likeness (QED) is 0.654. The van der Waals surface area contributed by atoms with Gasteiger partial charge in [0.05, 0.1) is 6.61 Å². The van der Waals surface area contributed by atoms with Crippen molar-refractivity contribution in [2.24, 2.45) is 11.7 Å². The summed E-state index contributed by atoms with van der Waals surface area (Å²) >= 11 is 0. The fourth-order valence-corrected chi connectivity index (χ4v) is 2.36. The van der Waals surface area contributed by atoms with Gasteiger partial charge in [-0.1, -0.05) is 0 Å². The van der Waals surface area contributed by atoms with Gasteiger partial charge in [0.2, 0.25) is 0 Å². The SMILES string of the molecule is COCCCN(C)C(C)(CN)C1CCOC1. The number of nitrogens with two attached hydrogens (primary N) is 1. The normalized spacial score (nSPS) is 24.9. The van der Waals surface area contributed by atoms with Gasteiger partial charge in [0.25, 0.3) is 0 Å². The Morgan fingerprint density at radius 3 is 2.81 bits per heavy atom. The van der Waals surface area contributed by atoms with Crippen LogP contribution in [0.5, 0.6) is 0 Å². The van der Waals surface area contributed by atoms with E-state index in [9.17, 15) is 0 Å². The Hall–Kier alpha value is -0.160. The molecule has 0 amide bonds. The van der Waals surface area contributed by atoms with Gasteiger partial charge in [0.1, 0.15) is 0 Å². The van der Waals surface area contributed by atoms with Gasteiger partial charge in [0.15, 0.2) is 0 Å². The van der Waals surface area contributed by atoms with Crippen molar-refractivity contribution in [1.29, 1.82) is 0 Å². The van der Waals surface area contributed by atoms with Crippen molar-refractivity contribution >= 4 is 0 Å². The monoisotopic (exact) mass is 230 g/mol. The lowest BCUT2D eigenvalue weighted by Crippen LogP contribution is -2.55. The molecule has 0 bridgehead atoms. The lowest BCUT2D eigenvalue weighted by molar-refractivity contribution is 0.0590. The standard InChI is InChI=1S/C12H26N2O2/c1-12(10-13,11-5-8-16-9-11)14(2)6-4-7-15-3/h11H,4-10,13H2,1-3H3. The Kier molecular flexibility index (Phi) is 5.69. The van der Waals surface area contributed by atoms with Crippen LogP contribution >= 0.6 is 0 Å².